The number of aryl methyl sites for hydroxylation is 1. The molecule has 2 heterocycles. The molecule has 1 unspecified atom stereocenters. The van der Waals surface area contributed by atoms with E-state index in [9.17, 15) is 4.79 Å². The highest BCUT2D eigenvalue weighted by Gasteiger charge is 2.30. The Morgan fingerprint density at radius 3 is 2.84 bits per heavy atom. The van der Waals surface area contributed by atoms with Crippen LogP contribution in [0.25, 0.3) is 0 Å². The summed E-state index contributed by atoms with van der Waals surface area (Å²) in [6.07, 6.45) is 8.14. The van der Waals surface area contributed by atoms with E-state index in [1.807, 2.05) is 0 Å². The number of nitrogens with zero attached hydrogens (tertiary/aromatic N) is 3. The molecule has 0 aromatic carbocycles. The first-order chi connectivity index (χ1) is 9.24. The molecule has 1 aromatic heterocycles. The van der Waals surface area contributed by atoms with Gasteiger partial charge in [0.15, 0.2) is 0 Å². The van der Waals surface area contributed by atoms with Gasteiger partial charge in [-0.25, -0.2) is 0 Å². The normalized spacial score (nSPS) is 25.0. The third-order valence-corrected chi connectivity index (χ3v) is 4.45. The van der Waals surface area contributed by atoms with Crippen molar-refractivity contribution >= 4 is 5.91 Å². The van der Waals surface area contributed by atoms with E-state index in [1.54, 1.807) is 24.0 Å². The molecular weight excluding hydrogens is 240 g/mol. The van der Waals surface area contributed by atoms with Gasteiger partial charge in [0, 0.05) is 38.4 Å². The molecule has 1 saturated carbocycles. The molecule has 5 nitrogen and oxygen atoms in total. The zero-order valence-corrected chi connectivity index (χ0v) is 11.5. The van der Waals surface area contributed by atoms with Crippen LogP contribution in [0.3, 0.4) is 0 Å². The Morgan fingerprint density at radius 1 is 1.37 bits per heavy atom. The number of aromatic nitrogens is 2. The summed E-state index contributed by atoms with van der Waals surface area (Å²) >= 11 is 0. The van der Waals surface area contributed by atoms with Gasteiger partial charge in [-0.2, -0.15) is 5.10 Å². The maximum absolute atomic E-state index is 12.1. The summed E-state index contributed by atoms with van der Waals surface area (Å²) in [6, 6.07) is 2.82. The van der Waals surface area contributed by atoms with Gasteiger partial charge in [-0.15, -0.1) is 0 Å². The lowest BCUT2D eigenvalue weighted by atomic mass is 10.2. The summed E-state index contributed by atoms with van der Waals surface area (Å²) in [4.78, 5) is 14.7. The van der Waals surface area contributed by atoms with Crippen molar-refractivity contribution in [2.45, 2.75) is 44.2 Å². The van der Waals surface area contributed by atoms with Crippen molar-refractivity contribution < 1.29 is 4.79 Å². The second-order valence-electron chi connectivity index (χ2n) is 5.73. The smallest absolute Gasteiger partial charge is 0.269 e. The molecule has 0 bridgehead atoms. The first kappa shape index (κ1) is 12.7. The van der Waals surface area contributed by atoms with Gasteiger partial charge in [-0.05, 0) is 25.3 Å². The predicted octanol–water partition coefficient (Wildman–Crippen LogP) is 1.17. The first-order valence-electron chi connectivity index (χ1n) is 7.27. The van der Waals surface area contributed by atoms with Crippen molar-refractivity contribution in [2.24, 2.45) is 7.05 Å². The average Bonchev–Trinajstić information content (AvgIpc) is 3.07. The van der Waals surface area contributed by atoms with Gasteiger partial charge in [-0.1, -0.05) is 12.8 Å². The average molecular weight is 262 g/mol. The second kappa shape index (κ2) is 5.33. The Kier molecular flexibility index (Phi) is 3.55. The molecule has 3 rings (SSSR count). The van der Waals surface area contributed by atoms with Crippen molar-refractivity contribution in [2.75, 3.05) is 13.1 Å². The molecule has 1 saturated heterocycles. The minimum absolute atomic E-state index is 0.00160. The number of carbonyl (C=O) groups is 1. The molecule has 1 aromatic rings. The van der Waals surface area contributed by atoms with E-state index in [-0.39, 0.29) is 5.91 Å². The quantitative estimate of drug-likeness (QED) is 0.889. The number of hydrogen-bond donors (Lipinski definition) is 1. The molecule has 1 aliphatic carbocycles. The predicted molar refractivity (Wildman–Crippen MR) is 72.9 cm³/mol. The SMILES string of the molecule is Cn1nccc1C(=O)NC1CCN(C2CCCC2)C1. The van der Waals surface area contributed by atoms with Gasteiger partial charge in [0.2, 0.25) is 0 Å². The van der Waals surface area contributed by atoms with Gasteiger partial charge < -0.3 is 5.32 Å². The lowest BCUT2D eigenvalue weighted by molar-refractivity contribution is 0.0926. The largest absolute Gasteiger partial charge is 0.347 e. The van der Waals surface area contributed by atoms with Gasteiger partial charge >= 0.3 is 0 Å². The van der Waals surface area contributed by atoms with E-state index in [2.05, 4.69) is 15.3 Å². The van der Waals surface area contributed by atoms with Crippen molar-refractivity contribution in [1.82, 2.24) is 20.0 Å². The van der Waals surface area contributed by atoms with E-state index in [4.69, 9.17) is 0 Å². The molecule has 0 radical (unpaired) electrons. The molecule has 104 valence electrons. The molecule has 1 N–H and O–H groups in total. The summed E-state index contributed by atoms with van der Waals surface area (Å²) in [5, 5.41) is 7.17. The zero-order valence-electron chi connectivity index (χ0n) is 11.5. The molecule has 1 aliphatic heterocycles. The van der Waals surface area contributed by atoms with Crippen LogP contribution in [0.1, 0.15) is 42.6 Å². The Labute approximate surface area is 114 Å². The number of amides is 1. The van der Waals surface area contributed by atoms with E-state index < -0.39 is 0 Å². The number of hydrogen-bond acceptors (Lipinski definition) is 3. The summed E-state index contributed by atoms with van der Waals surface area (Å²) < 4.78 is 1.62. The van der Waals surface area contributed by atoms with Crippen LogP contribution < -0.4 is 5.32 Å². The third-order valence-electron chi connectivity index (χ3n) is 4.45. The summed E-state index contributed by atoms with van der Waals surface area (Å²) in [7, 11) is 1.80. The number of carbonyl (C=O) groups excluding carboxylic acids is 1. The van der Waals surface area contributed by atoms with E-state index in [1.165, 1.54) is 25.7 Å². The van der Waals surface area contributed by atoms with Crippen LogP contribution in [-0.2, 0) is 7.05 Å². The molecule has 2 aliphatic rings. The maximum Gasteiger partial charge on any atom is 0.269 e. The van der Waals surface area contributed by atoms with Crippen LogP contribution in [0, 0.1) is 0 Å². The molecule has 2 fully saturated rings. The summed E-state index contributed by atoms with van der Waals surface area (Å²) in [5.74, 6) is -0.00160. The Hall–Kier alpha value is -1.36. The minimum atomic E-state index is -0.00160. The molecule has 1 atom stereocenters. The van der Waals surface area contributed by atoms with E-state index >= 15 is 0 Å². The summed E-state index contributed by atoms with van der Waals surface area (Å²) in [6.45, 7) is 2.13. The lowest BCUT2D eigenvalue weighted by Crippen LogP contribution is -2.39. The Morgan fingerprint density at radius 2 is 2.16 bits per heavy atom. The number of nitrogens with one attached hydrogen (secondary N) is 1. The van der Waals surface area contributed by atoms with Crippen molar-refractivity contribution in [3.05, 3.63) is 18.0 Å². The van der Waals surface area contributed by atoms with Crippen molar-refractivity contribution in [3.63, 3.8) is 0 Å². The minimum Gasteiger partial charge on any atom is -0.347 e. The number of likely N-dealkylation sites (tertiary alicyclic amines) is 1. The van der Waals surface area contributed by atoms with Crippen LogP contribution in [-0.4, -0.2) is 45.8 Å². The second-order valence-corrected chi connectivity index (χ2v) is 5.73. The highest BCUT2D eigenvalue weighted by molar-refractivity contribution is 5.92. The highest BCUT2D eigenvalue weighted by atomic mass is 16.2. The fraction of sp³-hybridized carbons (Fsp3) is 0.714. The van der Waals surface area contributed by atoms with Gasteiger partial charge in [0.1, 0.15) is 5.69 Å². The Bertz CT molecular complexity index is 450. The van der Waals surface area contributed by atoms with Crippen LogP contribution in [0.4, 0.5) is 0 Å². The monoisotopic (exact) mass is 262 g/mol. The number of rotatable bonds is 3. The first-order valence-corrected chi connectivity index (χ1v) is 7.27. The fourth-order valence-electron chi connectivity index (χ4n) is 3.36. The van der Waals surface area contributed by atoms with Crippen LogP contribution in [0.5, 0.6) is 0 Å². The Balaban J connectivity index is 1.54. The van der Waals surface area contributed by atoms with E-state index in [0.717, 1.165) is 25.6 Å². The molecular formula is C14H22N4O. The van der Waals surface area contributed by atoms with Crippen molar-refractivity contribution in [1.29, 1.82) is 0 Å². The third kappa shape index (κ3) is 2.66. The molecule has 19 heavy (non-hydrogen) atoms. The fourth-order valence-corrected chi connectivity index (χ4v) is 3.36. The van der Waals surface area contributed by atoms with Crippen LogP contribution in [0.2, 0.25) is 0 Å². The molecule has 0 spiro atoms. The maximum atomic E-state index is 12.1. The van der Waals surface area contributed by atoms with Crippen LogP contribution >= 0.6 is 0 Å². The van der Waals surface area contributed by atoms with Gasteiger partial charge in [0.25, 0.3) is 5.91 Å². The zero-order chi connectivity index (χ0) is 13.2. The lowest BCUT2D eigenvalue weighted by Gasteiger charge is -2.23. The van der Waals surface area contributed by atoms with Crippen molar-refractivity contribution in [3.8, 4) is 0 Å². The van der Waals surface area contributed by atoms with Crippen LogP contribution in [0.15, 0.2) is 12.3 Å². The molecule has 5 heteroatoms. The highest BCUT2D eigenvalue weighted by Crippen LogP contribution is 2.26. The van der Waals surface area contributed by atoms with E-state index in [0.29, 0.717) is 11.7 Å². The summed E-state index contributed by atoms with van der Waals surface area (Å²) in [5.41, 5.74) is 0.638. The van der Waals surface area contributed by atoms with Gasteiger partial charge in [-0.3, -0.25) is 14.4 Å². The molecule has 1 amide bonds. The standard InChI is InChI=1S/C14H22N4O/c1-17-13(6-8-15-17)14(19)16-11-7-9-18(10-11)12-4-2-3-5-12/h6,8,11-12H,2-5,7,9-10H2,1H3,(H,16,19). The topological polar surface area (TPSA) is 50.2 Å². The van der Waals surface area contributed by atoms with Gasteiger partial charge in [0.05, 0.1) is 0 Å².